The average molecular weight is 639 g/mol. The average Bonchev–Trinajstić information content (AvgIpc) is 3.44. The fourth-order valence-electron chi connectivity index (χ4n) is 8.74. The van der Waals surface area contributed by atoms with Gasteiger partial charge < -0.3 is 4.74 Å². The van der Waals surface area contributed by atoms with Crippen molar-refractivity contribution in [2.24, 2.45) is 0 Å². The Bertz CT molecular complexity index is 2560. The Morgan fingerprint density at radius 1 is 0.440 bits per heavy atom. The van der Waals surface area contributed by atoms with Crippen LogP contribution < -0.4 is 4.74 Å². The van der Waals surface area contributed by atoms with Crippen LogP contribution in [0, 0.1) is 6.92 Å². The highest BCUT2D eigenvalue weighted by atomic mass is 16.5. The molecule has 8 aromatic rings. The van der Waals surface area contributed by atoms with Gasteiger partial charge in [-0.1, -0.05) is 152 Å². The Morgan fingerprint density at radius 3 is 1.88 bits per heavy atom. The van der Waals surface area contributed by atoms with E-state index >= 15 is 0 Å². The molecule has 0 saturated carbocycles. The number of hydrogen-bond donors (Lipinski definition) is 0. The molecule has 1 spiro atoms. The van der Waals surface area contributed by atoms with Crippen molar-refractivity contribution in [3.05, 3.63) is 215 Å². The van der Waals surface area contributed by atoms with E-state index < -0.39 is 5.41 Å². The quantitative estimate of drug-likeness (QED) is 0.186. The van der Waals surface area contributed by atoms with E-state index in [1.165, 1.54) is 83.1 Å². The van der Waals surface area contributed by atoms with Gasteiger partial charge in [0.1, 0.15) is 11.5 Å². The zero-order valence-corrected chi connectivity index (χ0v) is 27.9. The van der Waals surface area contributed by atoms with Gasteiger partial charge in [0.2, 0.25) is 0 Å². The molecule has 0 saturated heterocycles. The molecular formula is C49H34O. The fraction of sp³-hybridized carbons (Fsp3) is 0.0612. The zero-order chi connectivity index (χ0) is 33.2. The van der Waals surface area contributed by atoms with Gasteiger partial charge in [-0.25, -0.2) is 0 Å². The molecule has 2 aliphatic rings. The third-order valence-electron chi connectivity index (χ3n) is 10.9. The van der Waals surface area contributed by atoms with E-state index in [-0.39, 0.29) is 0 Å². The van der Waals surface area contributed by atoms with Crippen LogP contribution in [-0.2, 0) is 11.8 Å². The number of benzene rings is 8. The van der Waals surface area contributed by atoms with Gasteiger partial charge in [-0.15, -0.1) is 0 Å². The highest BCUT2D eigenvalue weighted by Gasteiger charge is 2.51. The van der Waals surface area contributed by atoms with Crippen molar-refractivity contribution in [3.8, 4) is 44.9 Å². The van der Waals surface area contributed by atoms with Crippen molar-refractivity contribution in [2.75, 3.05) is 0 Å². The first kappa shape index (κ1) is 28.8. The summed E-state index contributed by atoms with van der Waals surface area (Å²) in [6.07, 6.45) is 0.862. The molecule has 50 heavy (non-hydrogen) atoms. The second-order valence-corrected chi connectivity index (χ2v) is 13.7. The number of fused-ring (bicyclic) bond motifs is 10. The molecule has 1 nitrogen and oxygen atoms in total. The summed E-state index contributed by atoms with van der Waals surface area (Å²) < 4.78 is 6.58. The summed E-state index contributed by atoms with van der Waals surface area (Å²) in [6.45, 7) is 2.29. The predicted octanol–water partition coefficient (Wildman–Crippen LogP) is 12.5. The molecule has 0 amide bonds. The molecule has 0 bridgehead atoms. The van der Waals surface area contributed by atoms with E-state index in [1.807, 2.05) is 0 Å². The monoisotopic (exact) mass is 638 g/mol. The van der Waals surface area contributed by atoms with Crippen molar-refractivity contribution < 1.29 is 4.74 Å². The third kappa shape index (κ3) is 4.20. The minimum absolute atomic E-state index is 0.474. The summed E-state index contributed by atoms with van der Waals surface area (Å²) in [6, 6.07) is 64.4. The Hall–Kier alpha value is -6.18. The van der Waals surface area contributed by atoms with Crippen molar-refractivity contribution in [2.45, 2.75) is 18.8 Å². The van der Waals surface area contributed by atoms with Gasteiger partial charge in [0, 0.05) is 11.1 Å². The maximum Gasteiger partial charge on any atom is 0.132 e. The largest absolute Gasteiger partial charge is 0.457 e. The van der Waals surface area contributed by atoms with Crippen molar-refractivity contribution in [3.63, 3.8) is 0 Å². The highest BCUT2D eigenvalue weighted by Crippen LogP contribution is 2.62. The van der Waals surface area contributed by atoms with Gasteiger partial charge in [-0.3, -0.25) is 0 Å². The molecule has 0 radical (unpaired) electrons. The Balaban J connectivity index is 1.24. The summed E-state index contributed by atoms with van der Waals surface area (Å²) in [5.74, 6) is 1.84. The number of rotatable bonds is 4. The lowest BCUT2D eigenvalue weighted by atomic mass is 9.66. The van der Waals surface area contributed by atoms with E-state index in [0.717, 1.165) is 17.9 Å². The first-order chi connectivity index (χ1) is 24.7. The van der Waals surface area contributed by atoms with Crippen molar-refractivity contribution in [1.82, 2.24) is 0 Å². The van der Waals surface area contributed by atoms with Crippen LogP contribution in [0.1, 0.15) is 38.9 Å². The van der Waals surface area contributed by atoms with Crippen LogP contribution in [0.3, 0.4) is 0 Å². The molecule has 1 aliphatic carbocycles. The summed E-state index contributed by atoms with van der Waals surface area (Å²) in [5, 5.41) is 2.53. The van der Waals surface area contributed by atoms with Crippen LogP contribution in [0.4, 0.5) is 0 Å². The Morgan fingerprint density at radius 2 is 1.08 bits per heavy atom. The second kappa shape index (κ2) is 11.2. The molecule has 0 fully saturated rings. The highest BCUT2D eigenvalue weighted by molar-refractivity contribution is 5.98. The van der Waals surface area contributed by atoms with Gasteiger partial charge in [0.05, 0.1) is 5.41 Å². The topological polar surface area (TPSA) is 9.23 Å². The summed E-state index contributed by atoms with van der Waals surface area (Å²) in [5.41, 5.74) is 16.1. The van der Waals surface area contributed by atoms with Crippen molar-refractivity contribution in [1.29, 1.82) is 0 Å². The molecule has 1 heteroatoms. The molecule has 0 unspecified atom stereocenters. The fourth-order valence-corrected chi connectivity index (χ4v) is 8.74. The summed E-state index contributed by atoms with van der Waals surface area (Å²) in [4.78, 5) is 0. The molecule has 0 atom stereocenters. The number of ether oxygens (including phenoxy) is 1. The van der Waals surface area contributed by atoms with Crippen molar-refractivity contribution >= 4 is 10.8 Å². The lowest BCUT2D eigenvalue weighted by Crippen LogP contribution is -2.32. The first-order valence-electron chi connectivity index (χ1n) is 17.5. The summed E-state index contributed by atoms with van der Waals surface area (Å²) in [7, 11) is 0. The maximum absolute atomic E-state index is 6.58. The van der Waals surface area contributed by atoms with Crippen LogP contribution in [0.2, 0.25) is 0 Å². The number of hydrogen-bond acceptors (Lipinski definition) is 1. The molecule has 10 rings (SSSR count). The maximum atomic E-state index is 6.58. The molecule has 8 aromatic carbocycles. The van der Waals surface area contributed by atoms with E-state index in [4.69, 9.17) is 4.74 Å². The van der Waals surface area contributed by atoms with Gasteiger partial charge in [0.25, 0.3) is 0 Å². The first-order valence-corrected chi connectivity index (χ1v) is 17.5. The van der Waals surface area contributed by atoms with E-state index in [9.17, 15) is 0 Å². The van der Waals surface area contributed by atoms with Crippen LogP contribution >= 0.6 is 0 Å². The third-order valence-corrected chi connectivity index (χ3v) is 10.9. The minimum Gasteiger partial charge on any atom is -0.457 e. The predicted molar refractivity (Wildman–Crippen MR) is 206 cm³/mol. The smallest absolute Gasteiger partial charge is 0.132 e. The molecule has 0 N–H and O–H groups in total. The number of aryl methyl sites for hydroxylation is 1. The van der Waals surface area contributed by atoms with Crippen LogP contribution in [0.5, 0.6) is 11.5 Å². The lowest BCUT2D eigenvalue weighted by molar-refractivity contribution is 0.436. The molecule has 236 valence electrons. The lowest BCUT2D eigenvalue weighted by Gasteiger charge is -2.39. The van der Waals surface area contributed by atoms with E-state index in [2.05, 4.69) is 183 Å². The van der Waals surface area contributed by atoms with Crippen LogP contribution in [0.25, 0.3) is 44.2 Å². The SMILES string of the molecule is Cc1cc2c(cc1-c1cc(-c3cccc4ccccc34)ccc1Cc1ccccc1)-c1ccccc1C21c2ccccc2Oc2ccccc21. The van der Waals surface area contributed by atoms with Gasteiger partial charge in [-0.2, -0.15) is 0 Å². The normalized spacial score (nSPS) is 13.3. The Kier molecular flexibility index (Phi) is 6.44. The van der Waals surface area contributed by atoms with Gasteiger partial charge in [-0.05, 0) is 110 Å². The molecular weight excluding hydrogens is 605 g/mol. The van der Waals surface area contributed by atoms with E-state index in [1.54, 1.807) is 0 Å². The van der Waals surface area contributed by atoms with Crippen LogP contribution in [-0.4, -0.2) is 0 Å². The van der Waals surface area contributed by atoms with E-state index in [0.29, 0.717) is 0 Å². The molecule has 0 aromatic heterocycles. The number of para-hydroxylation sites is 2. The van der Waals surface area contributed by atoms with Gasteiger partial charge >= 0.3 is 0 Å². The van der Waals surface area contributed by atoms with Gasteiger partial charge in [0.15, 0.2) is 0 Å². The summed E-state index contributed by atoms with van der Waals surface area (Å²) >= 11 is 0. The zero-order valence-electron chi connectivity index (χ0n) is 27.9. The Labute approximate surface area is 293 Å². The standard InChI is InChI=1S/C49H34O/c1-32-28-46-42(39-19-7-8-21-43(39)49(46)44-22-9-11-24-47(44)50-48-25-12-10-23-45(48)49)31-40(32)41-30-36(27-26-35(41)29-33-14-3-2-4-15-33)38-20-13-17-34-16-5-6-18-37(34)38/h2-28,30-31H,29H2,1H3. The molecule has 1 heterocycles. The molecule has 1 aliphatic heterocycles. The van der Waals surface area contributed by atoms with Crippen LogP contribution in [0.15, 0.2) is 176 Å². The second-order valence-electron chi connectivity index (χ2n) is 13.7. The minimum atomic E-state index is -0.474.